The van der Waals surface area contributed by atoms with Gasteiger partial charge in [0.1, 0.15) is 5.75 Å². The Morgan fingerprint density at radius 3 is 2.52 bits per heavy atom. The van der Waals surface area contributed by atoms with E-state index in [1.165, 1.54) is 0 Å². The third-order valence-electron chi connectivity index (χ3n) is 5.79. The predicted molar refractivity (Wildman–Crippen MR) is 135 cm³/mol. The van der Waals surface area contributed by atoms with E-state index in [-0.39, 0.29) is 6.04 Å². The summed E-state index contributed by atoms with van der Waals surface area (Å²) in [7, 11) is 1.66. The number of hydrogen-bond acceptors (Lipinski definition) is 5. The van der Waals surface area contributed by atoms with E-state index in [2.05, 4.69) is 29.2 Å². The monoisotopic (exact) mass is 482 g/mol. The Morgan fingerprint density at radius 2 is 1.85 bits per heavy atom. The Morgan fingerprint density at radius 1 is 1.12 bits per heavy atom. The second-order valence-electron chi connectivity index (χ2n) is 7.94. The van der Waals surface area contributed by atoms with Gasteiger partial charge < -0.3 is 19.5 Å². The van der Waals surface area contributed by atoms with E-state index in [9.17, 15) is 0 Å². The van der Waals surface area contributed by atoms with Crippen LogP contribution in [0, 0.1) is 0 Å². The molecular weight excluding hydrogens is 456 g/mol. The molecule has 0 aliphatic carbocycles. The van der Waals surface area contributed by atoms with Gasteiger partial charge in [-0.3, -0.25) is 0 Å². The molecule has 4 rings (SSSR count). The van der Waals surface area contributed by atoms with Crippen molar-refractivity contribution in [3.05, 3.63) is 70.7 Å². The van der Waals surface area contributed by atoms with Crippen LogP contribution in [0.5, 0.6) is 5.75 Å². The first-order valence-electron chi connectivity index (χ1n) is 11.0. The van der Waals surface area contributed by atoms with Crippen LogP contribution in [0.2, 0.25) is 5.02 Å². The molecule has 6 nitrogen and oxygen atoms in total. The van der Waals surface area contributed by atoms with Crippen molar-refractivity contribution < 1.29 is 9.26 Å². The number of rotatable bonds is 8. The normalized spacial score (nSPS) is 16.2. The molecule has 3 aromatic rings. The molecule has 33 heavy (non-hydrogen) atoms. The minimum absolute atomic E-state index is 0.218. The Balaban J connectivity index is 1.75. The topological polar surface area (TPSA) is 63.4 Å². The van der Waals surface area contributed by atoms with Crippen molar-refractivity contribution >= 4 is 34.5 Å². The third-order valence-corrected chi connectivity index (χ3v) is 6.38. The first-order chi connectivity index (χ1) is 16.0. The quantitative estimate of drug-likeness (QED) is 0.300. The van der Waals surface area contributed by atoms with E-state index >= 15 is 0 Å². The van der Waals surface area contributed by atoms with Crippen LogP contribution < -0.4 is 10.1 Å². The molecule has 172 valence electrons. The maximum atomic E-state index is 6.03. The van der Waals surface area contributed by atoms with Gasteiger partial charge >= 0.3 is 0 Å². The fourth-order valence-electron chi connectivity index (χ4n) is 3.94. The predicted octanol–water partition coefficient (Wildman–Crippen LogP) is 6.25. The fraction of sp³-hybridized carbons (Fsp3) is 0.320. The van der Waals surface area contributed by atoms with Gasteiger partial charge in [0.25, 0.3) is 5.89 Å². The highest BCUT2D eigenvalue weighted by Gasteiger charge is 2.33. The van der Waals surface area contributed by atoms with Gasteiger partial charge in [-0.25, -0.2) is 0 Å². The first-order valence-corrected chi connectivity index (χ1v) is 11.8. The molecule has 0 fully saturated rings. The zero-order chi connectivity index (χ0) is 23.4. The number of benzene rings is 2. The van der Waals surface area contributed by atoms with E-state index in [0.717, 1.165) is 54.0 Å². The maximum Gasteiger partial charge on any atom is 0.258 e. The number of methoxy groups -OCH3 is 1. The van der Waals surface area contributed by atoms with Gasteiger partial charge in [0.05, 0.1) is 18.7 Å². The molecular formula is C25H27ClN4O2S. The molecule has 0 spiro atoms. The highest BCUT2D eigenvalue weighted by atomic mass is 35.5. The molecule has 0 saturated carbocycles. The first kappa shape index (κ1) is 23.3. The summed E-state index contributed by atoms with van der Waals surface area (Å²) in [6.45, 7) is 5.09. The summed E-state index contributed by atoms with van der Waals surface area (Å²) in [5.74, 6) is 1.78. The summed E-state index contributed by atoms with van der Waals surface area (Å²) in [5.41, 5.74) is 3.81. The summed E-state index contributed by atoms with van der Waals surface area (Å²) >= 11 is 11.8. The lowest BCUT2D eigenvalue weighted by molar-refractivity contribution is 0.395. The van der Waals surface area contributed by atoms with E-state index in [1.807, 2.05) is 48.5 Å². The average Bonchev–Trinajstić information content (AvgIpc) is 3.31. The lowest BCUT2D eigenvalue weighted by Crippen LogP contribution is -2.46. The van der Waals surface area contributed by atoms with Crippen molar-refractivity contribution in [3.8, 4) is 17.1 Å². The van der Waals surface area contributed by atoms with Crippen LogP contribution >= 0.6 is 23.8 Å². The van der Waals surface area contributed by atoms with Gasteiger partial charge in [0.15, 0.2) is 5.11 Å². The zero-order valence-electron chi connectivity index (χ0n) is 19.0. The summed E-state index contributed by atoms with van der Waals surface area (Å²) in [5, 5.41) is 9.09. The van der Waals surface area contributed by atoms with E-state index in [1.54, 1.807) is 7.11 Å². The smallest absolute Gasteiger partial charge is 0.258 e. The van der Waals surface area contributed by atoms with Crippen LogP contribution in [-0.2, 0) is 0 Å². The third kappa shape index (κ3) is 5.04. The maximum absolute atomic E-state index is 6.03. The van der Waals surface area contributed by atoms with Crippen molar-refractivity contribution in [2.75, 3.05) is 13.7 Å². The highest BCUT2D eigenvalue weighted by Crippen LogP contribution is 2.38. The second kappa shape index (κ2) is 10.4. The zero-order valence-corrected chi connectivity index (χ0v) is 20.5. The van der Waals surface area contributed by atoms with Crippen molar-refractivity contribution in [3.63, 3.8) is 0 Å². The van der Waals surface area contributed by atoms with Crippen molar-refractivity contribution in [2.45, 2.75) is 39.2 Å². The summed E-state index contributed by atoms with van der Waals surface area (Å²) in [4.78, 5) is 6.87. The molecule has 1 N–H and O–H groups in total. The fourth-order valence-corrected chi connectivity index (χ4v) is 4.42. The van der Waals surface area contributed by atoms with Crippen LogP contribution in [-0.4, -0.2) is 33.8 Å². The Hall–Kier alpha value is -2.90. The Kier molecular flexibility index (Phi) is 7.30. The summed E-state index contributed by atoms with van der Waals surface area (Å²) in [6.07, 6.45) is 3.34. The molecule has 0 amide bonds. The Bertz CT molecular complexity index is 1140. The molecule has 1 unspecified atom stereocenters. The minimum Gasteiger partial charge on any atom is -0.497 e. The largest absolute Gasteiger partial charge is 0.497 e. The van der Waals surface area contributed by atoms with Gasteiger partial charge in [-0.1, -0.05) is 48.7 Å². The lowest BCUT2D eigenvalue weighted by Gasteiger charge is -2.37. The molecule has 2 heterocycles. The number of hydrogen-bond donors (Lipinski definition) is 1. The molecule has 1 aliphatic rings. The van der Waals surface area contributed by atoms with Crippen LogP contribution in [0.1, 0.15) is 50.6 Å². The summed E-state index contributed by atoms with van der Waals surface area (Å²) < 4.78 is 11.1. The van der Waals surface area contributed by atoms with Gasteiger partial charge in [0.2, 0.25) is 5.82 Å². The molecule has 1 aliphatic heterocycles. The standard InChI is InChI=1S/C25H27ClN4O2S/c1-4-5-6-15-30-16(2)21(22(27-25(30)33)17-9-13-20(31-3)14-10-17)24-28-23(29-32-24)18-7-11-19(26)12-8-18/h7-14,22H,4-6,15H2,1-3H3,(H,27,33). The molecule has 0 bridgehead atoms. The van der Waals surface area contributed by atoms with Gasteiger partial charge in [0, 0.05) is 22.8 Å². The number of allylic oxidation sites excluding steroid dienone is 1. The average molecular weight is 483 g/mol. The van der Waals surface area contributed by atoms with Crippen molar-refractivity contribution in [1.29, 1.82) is 0 Å². The highest BCUT2D eigenvalue weighted by molar-refractivity contribution is 7.80. The number of nitrogens with one attached hydrogen (secondary N) is 1. The van der Waals surface area contributed by atoms with Crippen LogP contribution in [0.3, 0.4) is 0 Å². The molecule has 1 atom stereocenters. The number of ether oxygens (including phenoxy) is 1. The number of nitrogens with zero attached hydrogens (tertiary/aromatic N) is 3. The van der Waals surface area contributed by atoms with Crippen LogP contribution in [0.15, 0.2) is 58.8 Å². The number of thiocarbonyl (C=S) groups is 1. The van der Waals surface area contributed by atoms with Crippen molar-refractivity contribution in [2.24, 2.45) is 0 Å². The van der Waals surface area contributed by atoms with Gasteiger partial charge in [-0.05, 0) is 67.5 Å². The van der Waals surface area contributed by atoms with E-state index in [4.69, 9.17) is 38.1 Å². The van der Waals surface area contributed by atoms with E-state index < -0.39 is 0 Å². The van der Waals surface area contributed by atoms with Crippen LogP contribution in [0.4, 0.5) is 0 Å². The molecule has 8 heteroatoms. The Labute approximate surface area is 204 Å². The van der Waals surface area contributed by atoms with Crippen molar-refractivity contribution in [1.82, 2.24) is 20.4 Å². The van der Waals surface area contributed by atoms with E-state index in [0.29, 0.717) is 21.9 Å². The lowest BCUT2D eigenvalue weighted by atomic mass is 9.94. The molecule has 0 radical (unpaired) electrons. The van der Waals surface area contributed by atoms with Gasteiger partial charge in [-0.15, -0.1) is 0 Å². The minimum atomic E-state index is -0.218. The molecule has 0 saturated heterocycles. The van der Waals surface area contributed by atoms with Crippen LogP contribution in [0.25, 0.3) is 17.0 Å². The van der Waals surface area contributed by atoms with Gasteiger partial charge in [-0.2, -0.15) is 4.98 Å². The molecule has 2 aromatic carbocycles. The molecule has 1 aromatic heterocycles. The second-order valence-corrected chi connectivity index (χ2v) is 8.77. The SMILES string of the molecule is CCCCCN1C(=S)NC(c2ccc(OC)cc2)C(c2nc(-c3ccc(Cl)cc3)no2)=C1C. The summed E-state index contributed by atoms with van der Waals surface area (Å²) in [6, 6.07) is 15.1. The number of aromatic nitrogens is 2. The number of halogens is 1. The number of unbranched alkanes of at least 4 members (excludes halogenated alkanes) is 2.